The van der Waals surface area contributed by atoms with Gasteiger partial charge in [0, 0.05) is 12.1 Å². The summed E-state index contributed by atoms with van der Waals surface area (Å²) in [4.78, 5) is 22.7. The quantitative estimate of drug-likeness (QED) is 0.633. The molecule has 0 bridgehead atoms. The third kappa shape index (κ3) is 3.80. The number of amides is 1. The Morgan fingerprint density at radius 3 is 2.81 bits per heavy atom. The summed E-state index contributed by atoms with van der Waals surface area (Å²) in [6.45, 7) is 0.822. The maximum absolute atomic E-state index is 12.4. The fourth-order valence-corrected chi connectivity index (χ4v) is 2.84. The topological polar surface area (TPSA) is 99.9 Å². The van der Waals surface area contributed by atoms with Gasteiger partial charge in [0.1, 0.15) is 19.0 Å². The highest BCUT2D eigenvalue weighted by Gasteiger charge is 2.19. The monoisotopic (exact) mass is 378 g/mol. The number of fused-ring (bicyclic) bond motifs is 1. The molecule has 0 unspecified atom stereocenters. The van der Waals surface area contributed by atoms with E-state index in [4.69, 9.17) is 25.8 Å². The number of anilines is 1. The number of benzene rings is 2. The molecule has 0 spiro atoms. The summed E-state index contributed by atoms with van der Waals surface area (Å²) in [6, 6.07) is 7.28. The molecule has 8 nitrogen and oxygen atoms in total. The summed E-state index contributed by atoms with van der Waals surface area (Å²) >= 11 is 6.16. The minimum atomic E-state index is -0.546. The predicted molar refractivity (Wildman–Crippen MR) is 94.4 cm³/mol. The van der Waals surface area contributed by atoms with Crippen LogP contribution in [0.25, 0.3) is 0 Å². The lowest BCUT2D eigenvalue weighted by molar-refractivity contribution is -0.384. The van der Waals surface area contributed by atoms with Crippen LogP contribution in [0.3, 0.4) is 0 Å². The molecule has 2 aromatic rings. The van der Waals surface area contributed by atoms with Crippen LogP contribution in [0.4, 0.5) is 11.4 Å². The van der Waals surface area contributed by atoms with Crippen LogP contribution < -0.4 is 19.5 Å². The number of nitro groups is 1. The Morgan fingerprint density at radius 2 is 2.08 bits per heavy atom. The Hall–Kier alpha value is -3.00. The van der Waals surface area contributed by atoms with Gasteiger partial charge in [-0.25, -0.2) is 0 Å². The zero-order valence-corrected chi connectivity index (χ0v) is 14.5. The van der Waals surface area contributed by atoms with Gasteiger partial charge in [0.25, 0.3) is 5.69 Å². The maximum atomic E-state index is 12.4. The Kier molecular flexibility index (Phi) is 5.13. The van der Waals surface area contributed by atoms with E-state index in [0.717, 1.165) is 0 Å². The van der Waals surface area contributed by atoms with Gasteiger partial charge in [-0.1, -0.05) is 11.6 Å². The first-order chi connectivity index (χ1) is 12.5. The van der Waals surface area contributed by atoms with Gasteiger partial charge < -0.3 is 19.5 Å². The molecule has 26 heavy (non-hydrogen) atoms. The van der Waals surface area contributed by atoms with E-state index < -0.39 is 4.92 Å². The lowest BCUT2D eigenvalue weighted by atomic mass is 10.1. The van der Waals surface area contributed by atoms with Crippen molar-refractivity contribution >= 4 is 28.9 Å². The van der Waals surface area contributed by atoms with Crippen LogP contribution in [0.15, 0.2) is 30.3 Å². The standard InChI is InChI=1S/C17H15ClN2O6/c1-24-14-3-2-11(20(22)23)9-13(14)19-16(21)8-10-6-12(18)17-15(7-10)25-4-5-26-17/h2-3,6-7,9H,4-5,8H2,1H3,(H,19,21). The molecule has 0 saturated heterocycles. The summed E-state index contributed by atoms with van der Waals surface area (Å²) in [5, 5.41) is 13.9. The van der Waals surface area contributed by atoms with E-state index >= 15 is 0 Å². The minimum absolute atomic E-state index is 0.00219. The first-order valence-electron chi connectivity index (χ1n) is 7.68. The highest BCUT2D eigenvalue weighted by molar-refractivity contribution is 6.32. The van der Waals surface area contributed by atoms with Crippen molar-refractivity contribution in [3.63, 3.8) is 0 Å². The number of non-ortho nitro benzene ring substituents is 1. The molecule has 1 aliphatic heterocycles. The molecule has 1 amide bonds. The molecule has 1 N–H and O–H groups in total. The molecule has 0 fully saturated rings. The number of halogens is 1. The smallest absolute Gasteiger partial charge is 0.271 e. The summed E-state index contributed by atoms with van der Waals surface area (Å²) in [5.41, 5.74) is 0.694. The lowest BCUT2D eigenvalue weighted by Gasteiger charge is -2.20. The van der Waals surface area contributed by atoms with Crippen molar-refractivity contribution < 1.29 is 23.9 Å². The third-order valence-corrected chi connectivity index (χ3v) is 3.97. The van der Waals surface area contributed by atoms with Crippen LogP contribution in [0.1, 0.15) is 5.56 Å². The summed E-state index contributed by atoms with van der Waals surface area (Å²) in [5.74, 6) is 0.891. The number of nitrogens with zero attached hydrogens (tertiary/aromatic N) is 1. The van der Waals surface area contributed by atoms with Gasteiger partial charge in [-0.2, -0.15) is 0 Å². The number of hydrogen-bond donors (Lipinski definition) is 1. The van der Waals surface area contributed by atoms with Crippen LogP contribution >= 0.6 is 11.6 Å². The minimum Gasteiger partial charge on any atom is -0.495 e. The Morgan fingerprint density at radius 1 is 1.31 bits per heavy atom. The summed E-state index contributed by atoms with van der Waals surface area (Å²) in [6.07, 6.45) is 0.00219. The van der Waals surface area contributed by atoms with Crippen LogP contribution in [-0.2, 0) is 11.2 Å². The molecule has 1 heterocycles. The van der Waals surface area contributed by atoms with Gasteiger partial charge in [0.15, 0.2) is 11.5 Å². The fourth-order valence-electron chi connectivity index (χ4n) is 2.55. The van der Waals surface area contributed by atoms with Crippen molar-refractivity contribution in [3.8, 4) is 17.2 Å². The van der Waals surface area contributed by atoms with Gasteiger partial charge >= 0.3 is 0 Å². The van der Waals surface area contributed by atoms with Crippen LogP contribution in [-0.4, -0.2) is 31.2 Å². The molecule has 0 atom stereocenters. The van der Waals surface area contributed by atoms with Crippen molar-refractivity contribution in [1.82, 2.24) is 0 Å². The number of methoxy groups -OCH3 is 1. The average Bonchev–Trinajstić information content (AvgIpc) is 2.61. The zero-order valence-electron chi connectivity index (χ0n) is 13.8. The second-order valence-corrected chi connectivity index (χ2v) is 5.88. The van der Waals surface area contributed by atoms with Crippen molar-refractivity contribution in [2.45, 2.75) is 6.42 Å². The van der Waals surface area contributed by atoms with Crippen molar-refractivity contribution in [2.75, 3.05) is 25.6 Å². The van der Waals surface area contributed by atoms with Crippen molar-refractivity contribution in [1.29, 1.82) is 0 Å². The third-order valence-electron chi connectivity index (χ3n) is 3.69. The van der Waals surface area contributed by atoms with Crippen molar-refractivity contribution in [2.24, 2.45) is 0 Å². The zero-order chi connectivity index (χ0) is 18.7. The molecular weight excluding hydrogens is 364 g/mol. The molecule has 9 heteroatoms. The number of nitrogens with one attached hydrogen (secondary N) is 1. The summed E-state index contributed by atoms with van der Waals surface area (Å²) in [7, 11) is 1.41. The van der Waals surface area contributed by atoms with Gasteiger partial charge in [0.05, 0.1) is 29.2 Å². The highest BCUT2D eigenvalue weighted by Crippen LogP contribution is 2.38. The van der Waals surface area contributed by atoms with E-state index in [2.05, 4.69) is 5.32 Å². The van der Waals surface area contributed by atoms with Crippen LogP contribution in [0.2, 0.25) is 5.02 Å². The molecule has 0 saturated carbocycles. The van der Waals surface area contributed by atoms with E-state index in [0.29, 0.717) is 41.0 Å². The van der Waals surface area contributed by atoms with Gasteiger partial charge in [0.2, 0.25) is 5.91 Å². The van der Waals surface area contributed by atoms with Gasteiger partial charge in [-0.3, -0.25) is 14.9 Å². The molecule has 136 valence electrons. The molecule has 0 aliphatic carbocycles. The largest absolute Gasteiger partial charge is 0.495 e. The van der Waals surface area contributed by atoms with Gasteiger partial charge in [-0.05, 0) is 23.8 Å². The lowest BCUT2D eigenvalue weighted by Crippen LogP contribution is -2.17. The van der Waals surface area contributed by atoms with E-state index in [9.17, 15) is 14.9 Å². The van der Waals surface area contributed by atoms with E-state index in [1.807, 2.05) is 0 Å². The number of carbonyl (C=O) groups is 1. The Balaban J connectivity index is 1.78. The molecular formula is C17H15ClN2O6. The average molecular weight is 379 g/mol. The molecule has 3 rings (SSSR count). The normalized spacial score (nSPS) is 12.4. The van der Waals surface area contributed by atoms with Crippen molar-refractivity contribution in [3.05, 3.63) is 51.0 Å². The number of ether oxygens (including phenoxy) is 3. The fraction of sp³-hybridized carbons (Fsp3) is 0.235. The highest BCUT2D eigenvalue weighted by atomic mass is 35.5. The second-order valence-electron chi connectivity index (χ2n) is 5.47. The summed E-state index contributed by atoms with van der Waals surface area (Å²) < 4.78 is 16.1. The number of carbonyl (C=O) groups excluding carboxylic acids is 1. The Labute approximate surface area is 153 Å². The molecule has 2 aromatic carbocycles. The SMILES string of the molecule is COc1ccc([N+](=O)[O-])cc1NC(=O)Cc1cc(Cl)c2c(c1)OCCO2. The number of hydrogen-bond acceptors (Lipinski definition) is 6. The molecule has 0 aromatic heterocycles. The number of rotatable bonds is 5. The van der Waals surface area contributed by atoms with E-state index in [-0.39, 0.29) is 23.7 Å². The number of nitro benzene ring substituents is 1. The molecule has 1 aliphatic rings. The first-order valence-corrected chi connectivity index (χ1v) is 8.06. The second kappa shape index (κ2) is 7.49. The van der Waals surface area contributed by atoms with E-state index in [1.165, 1.54) is 25.3 Å². The predicted octanol–water partition coefficient (Wildman–Crippen LogP) is 3.21. The molecule has 0 radical (unpaired) electrons. The van der Waals surface area contributed by atoms with Crippen LogP contribution in [0.5, 0.6) is 17.2 Å². The van der Waals surface area contributed by atoms with E-state index in [1.54, 1.807) is 12.1 Å². The Bertz CT molecular complexity index is 871. The maximum Gasteiger partial charge on any atom is 0.271 e. The van der Waals surface area contributed by atoms with Crippen LogP contribution in [0, 0.1) is 10.1 Å². The van der Waals surface area contributed by atoms with Gasteiger partial charge in [-0.15, -0.1) is 0 Å². The first kappa shape index (κ1) is 17.8.